The van der Waals surface area contributed by atoms with E-state index in [1.807, 2.05) is 4.90 Å². The number of carbonyl (C=O) groups is 2. The number of rotatable bonds is 3. The van der Waals surface area contributed by atoms with Crippen molar-refractivity contribution < 1.29 is 14.7 Å². The highest BCUT2D eigenvalue weighted by Crippen LogP contribution is 2.26. The number of piperazine rings is 1. The summed E-state index contributed by atoms with van der Waals surface area (Å²) in [5.74, 6) is -0.0649. The van der Waals surface area contributed by atoms with Gasteiger partial charge in [0.25, 0.3) is 5.91 Å². The lowest BCUT2D eigenvalue weighted by molar-refractivity contribution is -0.131. The van der Waals surface area contributed by atoms with Crippen molar-refractivity contribution in [2.75, 3.05) is 26.2 Å². The molecule has 23 heavy (non-hydrogen) atoms. The minimum absolute atomic E-state index is 0.0517. The first-order valence-electron chi connectivity index (χ1n) is 7.93. The molecule has 126 valence electrons. The fourth-order valence-corrected chi connectivity index (χ4v) is 3.97. The molecular formula is C15H22N4O3S. The molecular weight excluding hydrogens is 316 g/mol. The third kappa shape index (κ3) is 3.54. The molecule has 2 N–H and O–H groups in total. The van der Waals surface area contributed by atoms with Crippen LogP contribution in [0.1, 0.15) is 29.4 Å². The Morgan fingerprint density at radius 2 is 2.04 bits per heavy atom. The zero-order valence-electron chi connectivity index (χ0n) is 13.1. The van der Waals surface area contributed by atoms with Crippen LogP contribution in [0.25, 0.3) is 0 Å². The van der Waals surface area contributed by atoms with Crippen LogP contribution in [0.4, 0.5) is 0 Å². The molecule has 2 heterocycles. The predicted octanol–water partition coefficient (Wildman–Crippen LogP) is -0.0711. The Bertz CT molecular complexity index is 557. The minimum atomic E-state index is -0.573. The number of nitrogens with zero attached hydrogens (tertiary/aromatic N) is 3. The SMILES string of the molecule is CC(=O)N1CCN([C@@H]2CC[C@@H](NC(=O)c3cncs3)[C@H]2O)CC1. The zero-order chi connectivity index (χ0) is 16.4. The molecule has 2 fully saturated rings. The van der Waals surface area contributed by atoms with Gasteiger partial charge in [-0.15, -0.1) is 11.3 Å². The molecule has 1 aromatic heterocycles. The van der Waals surface area contributed by atoms with E-state index in [4.69, 9.17) is 0 Å². The number of aliphatic hydroxyl groups excluding tert-OH is 1. The van der Waals surface area contributed by atoms with Crippen LogP contribution in [0.15, 0.2) is 11.7 Å². The van der Waals surface area contributed by atoms with Gasteiger partial charge >= 0.3 is 0 Å². The van der Waals surface area contributed by atoms with Gasteiger partial charge < -0.3 is 15.3 Å². The van der Waals surface area contributed by atoms with Crippen LogP contribution in [0.2, 0.25) is 0 Å². The van der Waals surface area contributed by atoms with Crippen LogP contribution in [0, 0.1) is 0 Å². The van der Waals surface area contributed by atoms with Crippen LogP contribution >= 0.6 is 11.3 Å². The highest BCUT2D eigenvalue weighted by molar-refractivity contribution is 7.11. The summed E-state index contributed by atoms with van der Waals surface area (Å²) in [6.07, 6.45) is 2.59. The van der Waals surface area contributed by atoms with E-state index in [0.29, 0.717) is 18.0 Å². The van der Waals surface area contributed by atoms with Crippen molar-refractivity contribution >= 4 is 23.2 Å². The van der Waals surface area contributed by atoms with Crippen LogP contribution in [0.5, 0.6) is 0 Å². The summed E-state index contributed by atoms with van der Waals surface area (Å²) in [5, 5.41) is 13.5. The maximum absolute atomic E-state index is 12.1. The zero-order valence-corrected chi connectivity index (χ0v) is 14.0. The molecule has 0 aromatic carbocycles. The molecule has 0 bridgehead atoms. The second kappa shape index (κ2) is 6.94. The lowest BCUT2D eigenvalue weighted by Gasteiger charge is -2.39. The fourth-order valence-electron chi connectivity index (χ4n) is 3.45. The van der Waals surface area contributed by atoms with Gasteiger partial charge in [0, 0.05) is 39.1 Å². The molecule has 1 aliphatic carbocycles. The Balaban J connectivity index is 1.54. The lowest BCUT2D eigenvalue weighted by atomic mass is 10.1. The number of hydrogen-bond acceptors (Lipinski definition) is 6. The number of thiazole rings is 1. The molecule has 1 aliphatic heterocycles. The summed E-state index contributed by atoms with van der Waals surface area (Å²) in [7, 11) is 0. The monoisotopic (exact) mass is 338 g/mol. The van der Waals surface area contributed by atoms with E-state index in [9.17, 15) is 14.7 Å². The Morgan fingerprint density at radius 1 is 1.30 bits per heavy atom. The summed E-state index contributed by atoms with van der Waals surface area (Å²) in [4.78, 5) is 32.0. The van der Waals surface area contributed by atoms with Crippen molar-refractivity contribution in [3.63, 3.8) is 0 Å². The number of aliphatic hydroxyl groups is 1. The van der Waals surface area contributed by atoms with E-state index < -0.39 is 6.10 Å². The third-order valence-electron chi connectivity index (χ3n) is 4.78. The number of hydrogen-bond donors (Lipinski definition) is 2. The molecule has 7 nitrogen and oxygen atoms in total. The van der Waals surface area contributed by atoms with Crippen molar-refractivity contribution in [3.8, 4) is 0 Å². The van der Waals surface area contributed by atoms with Gasteiger partial charge in [-0.2, -0.15) is 0 Å². The molecule has 8 heteroatoms. The van der Waals surface area contributed by atoms with Gasteiger partial charge in [-0.1, -0.05) is 0 Å². The Morgan fingerprint density at radius 3 is 2.65 bits per heavy atom. The van der Waals surface area contributed by atoms with Gasteiger partial charge in [-0.3, -0.25) is 19.5 Å². The standard InChI is InChI=1S/C15H22N4O3S/c1-10(20)18-4-6-19(7-5-18)12-3-2-11(14(12)21)17-15(22)13-8-16-9-23-13/h8-9,11-12,14,21H,2-7H2,1H3,(H,17,22)/t11-,12-,14-/m1/s1. The average Bonchev–Trinajstić information content (AvgIpc) is 3.19. The molecule has 1 saturated carbocycles. The van der Waals surface area contributed by atoms with Gasteiger partial charge in [0.2, 0.25) is 5.91 Å². The predicted molar refractivity (Wildman–Crippen MR) is 86.2 cm³/mol. The van der Waals surface area contributed by atoms with Crippen molar-refractivity contribution in [3.05, 3.63) is 16.6 Å². The van der Waals surface area contributed by atoms with Gasteiger partial charge in [-0.25, -0.2) is 0 Å². The normalized spacial score (nSPS) is 28.8. The van der Waals surface area contributed by atoms with Crippen molar-refractivity contribution in [2.45, 2.75) is 38.0 Å². The molecule has 3 atom stereocenters. The summed E-state index contributed by atoms with van der Waals surface area (Å²) in [6.45, 7) is 4.55. The van der Waals surface area contributed by atoms with E-state index in [2.05, 4.69) is 15.2 Å². The Kier molecular flexibility index (Phi) is 4.93. The summed E-state index contributed by atoms with van der Waals surface area (Å²) in [5.41, 5.74) is 1.62. The molecule has 3 rings (SSSR count). The molecule has 0 unspecified atom stereocenters. The van der Waals surface area contributed by atoms with Crippen LogP contribution < -0.4 is 5.32 Å². The largest absolute Gasteiger partial charge is 0.389 e. The second-order valence-corrected chi connectivity index (χ2v) is 7.01. The summed E-state index contributed by atoms with van der Waals surface area (Å²) < 4.78 is 0. The van der Waals surface area contributed by atoms with E-state index in [-0.39, 0.29) is 23.9 Å². The van der Waals surface area contributed by atoms with Crippen molar-refractivity contribution in [2.24, 2.45) is 0 Å². The Labute approximate surface area is 139 Å². The van der Waals surface area contributed by atoms with Crippen molar-refractivity contribution in [1.29, 1.82) is 0 Å². The Hall–Kier alpha value is -1.51. The van der Waals surface area contributed by atoms with Crippen LogP contribution in [-0.2, 0) is 4.79 Å². The molecule has 1 saturated heterocycles. The van der Waals surface area contributed by atoms with Crippen molar-refractivity contribution in [1.82, 2.24) is 20.1 Å². The first-order valence-corrected chi connectivity index (χ1v) is 8.81. The highest BCUT2D eigenvalue weighted by atomic mass is 32.1. The maximum atomic E-state index is 12.1. The number of amides is 2. The van der Waals surface area contributed by atoms with Crippen LogP contribution in [0.3, 0.4) is 0 Å². The molecule has 2 amide bonds. The van der Waals surface area contributed by atoms with E-state index in [1.165, 1.54) is 11.3 Å². The van der Waals surface area contributed by atoms with Gasteiger partial charge in [-0.05, 0) is 12.8 Å². The second-order valence-electron chi connectivity index (χ2n) is 6.12. The number of carbonyl (C=O) groups excluding carboxylic acids is 2. The third-order valence-corrected chi connectivity index (χ3v) is 5.55. The van der Waals surface area contributed by atoms with E-state index in [1.54, 1.807) is 18.6 Å². The number of aromatic nitrogens is 1. The number of nitrogens with one attached hydrogen (secondary N) is 1. The summed E-state index contributed by atoms with van der Waals surface area (Å²) >= 11 is 1.29. The fraction of sp³-hybridized carbons (Fsp3) is 0.667. The first-order chi connectivity index (χ1) is 11.1. The van der Waals surface area contributed by atoms with E-state index in [0.717, 1.165) is 25.9 Å². The highest BCUT2D eigenvalue weighted by Gasteiger charge is 2.40. The smallest absolute Gasteiger partial charge is 0.263 e. The van der Waals surface area contributed by atoms with Gasteiger partial charge in [0.05, 0.1) is 23.9 Å². The average molecular weight is 338 g/mol. The molecule has 2 aliphatic rings. The minimum Gasteiger partial charge on any atom is -0.389 e. The van der Waals surface area contributed by atoms with Gasteiger partial charge in [0.15, 0.2) is 0 Å². The topological polar surface area (TPSA) is 85.8 Å². The molecule has 0 spiro atoms. The molecule has 0 radical (unpaired) electrons. The quantitative estimate of drug-likeness (QED) is 0.806. The molecule has 1 aromatic rings. The van der Waals surface area contributed by atoms with Gasteiger partial charge in [0.1, 0.15) is 4.88 Å². The van der Waals surface area contributed by atoms with Crippen LogP contribution in [-0.4, -0.2) is 76.1 Å². The first kappa shape index (κ1) is 16.4. The lowest BCUT2D eigenvalue weighted by Crippen LogP contribution is -2.55. The maximum Gasteiger partial charge on any atom is 0.263 e. The van der Waals surface area contributed by atoms with E-state index >= 15 is 0 Å². The summed E-state index contributed by atoms with van der Waals surface area (Å²) in [6, 6.07) is -0.170.